The topological polar surface area (TPSA) is 215 Å². The van der Waals surface area contributed by atoms with E-state index in [1.54, 1.807) is 95.3 Å². The summed E-state index contributed by atoms with van der Waals surface area (Å²) >= 11 is 0. The molecular weight excluding hydrogens is 911 g/mol. The van der Waals surface area contributed by atoms with E-state index in [2.05, 4.69) is 0 Å². The normalized spacial score (nSPS) is 16.6. The maximum atomic E-state index is 12.6. The van der Waals surface area contributed by atoms with E-state index in [4.69, 9.17) is 44.9 Å². The summed E-state index contributed by atoms with van der Waals surface area (Å²) in [4.78, 5) is 76.4. The molecular formula is C44H69N3O16Si3. The lowest BCUT2D eigenvalue weighted by molar-refractivity contribution is -0.150. The molecule has 6 amide bonds. The Morgan fingerprint density at radius 1 is 0.591 bits per heavy atom. The van der Waals surface area contributed by atoms with E-state index in [0.717, 1.165) is 28.9 Å². The molecule has 0 saturated carbocycles. The molecule has 3 heterocycles. The predicted octanol–water partition coefficient (Wildman–Crippen LogP) is 4.24. The average Bonchev–Trinajstić information content (AvgIpc) is 3.72. The number of aryl methyl sites for hydroxylation is 2. The zero-order valence-electron chi connectivity index (χ0n) is 40.7. The third-order valence-electron chi connectivity index (χ3n) is 12.0. The first-order valence-electron chi connectivity index (χ1n) is 21.6. The molecule has 19 nitrogen and oxygen atoms in total. The number of fused-ring (bicyclic) bond motifs is 2. The average molecular weight is 980 g/mol. The standard InChI is InChI=1S/C17H25NO5Si.C15H21NO6Si.C12H23NO5Si/c1-17(2,3)18-15(19)13-8-7-12(11-14(13)16(18)20)9-10-24(21-4,22-5)23-6;1-20-23(21-2,22-3)9-6-11-4-5-12-13(10-11)15(19)16(7-8-17)14(12)18;1-13-11(14)8-7-10(12(13)15)6-5-9-19(16-2,17-3)18-4/h7-8,11H,9-10H2,1-6H3;4-5,10,17H,6-9H2,1-3H3;10H,5-9H2,1-4H3. The van der Waals surface area contributed by atoms with Crippen LogP contribution in [0.15, 0.2) is 36.4 Å². The number of nitrogens with zero attached hydrogens (tertiary/aromatic N) is 3. The molecule has 2 aromatic carbocycles. The minimum absolute atomic E-state index is 0.00866. The van der Waals surface area contributed by atoms with Crippen LogP contribution in [0.5, 0.6) is 0 Å². The van der Waals surface area contributed by atoms with Gasteiger partial charge in [-0.05, 0) is 88.3 Å². The summed E-state index contributed by atoms with van der Waals surface area (Å²) in [5.41, 5.74) is 2.99. The van der Waals surface area contributed by atoms with Crippen LogP contribution < -0.4 is 0 Å². The summed E-state index contributed by atoms with van der Waals surface area (Å²) < 4.78 is 48.4. The van der Waals surface area contributed by atoms with Gasteiger partial charge in [-0.3, -0.25) is 43.5 Å². The Balaban J connectivity index is 0.000000265. The van der Waals surface area contributed by atoms with Crippen LogP contribution in [-0.2, 0) is 62.3 Å². The van der Waals surface area contributed by atoms with Crippen LogP contribution in [0.3, 0.4) is 0 Å². The molecule has 22 heteroatoms. The van der Waals surface area contributed by atoms with Gasteiger partial charge < -0.3 is 44.9 Å². The second-order valence-electron chi connectivity index (χ2n) is 16.7. The van der Waals surface area contributed by atoms with Crippen LogP contribution in [0.4, 0.5) is 0 Å². The van der Waals surface area contributed by atoms with E-state index in [-0.39, 0.29) is 54.5 Å². The molecule has 1 atom stereocenters. The Bertz CT molecular complexity index is 2000. The minimum atomic E-state index is -2.68. The van der Waals surface area contributed by atoms with Crippen LogP contribution in [0, 0.1) is 5.92 Å². The predicted molar refractivity (Wildman–Crippen MR) is 247 cm³/mol. The van der Waals surface area contributed by atoms with Crippen molar-refractivity contribution in [3.8, 4) is 0 Å². The fourth-order valence-electron chi connectivity index (χ4n) is 7.93. The summed E-state index contributed by atoms with van der Waals surface area (Å²) in [5, 5.41) is 8.97. The van der Waals surface area contributed by atoms with Crippen LogP contribution in [-0.4, -0.2) is 171 Å². The van der Waals surface area contributed by atoms with Gasteiger partial charge in [-0.15, -0.1) is 0 Å². The van der Waals surface area contributed by atoms with Crippen molar-refractivity contribution in [2.75, 3.05) is 84.2 Å². The molecule has 0 aliphatic carbocycles. The molecule has 0 bridgehead atoms. The summed E-state index contributed by atoms with van der Waals surface area (Å²) in [7, 11) is 7.79. The van der Waals surface area contributed by atoms with Crippen LogP contribution in [0.1, 0.15) is 99.0 Å². The van der Waals surface area contributed by atoms with E-state index < -0.39 is 32.0 Å². The highest BCUT2D eigenvalue weighted by Gasteiger charge is 2.43. The van der Waals surface area contributed by atoms with Crippen molar-refractivity contribution in [1.29, 1.82) is 0 Å². The number of imide groups is 3. The lowest BCUT2D eigenvalue weighted by Crippen LogP contribution is -2.45. The zero-order valence-corrected chi connectivity index (χ0v) is 43.7. The maximum absolute atomic E-state index is 12.6. The van der Waals surface area contributed by atoms with E-state index in [9.17, 15) is 28.8 Å². The number of aliphatic hydroxyl groups is 1. The van der Waals surface area contributed by atoms with Crippen molar-refractivity contribution in [3.63, 3.8) is 0 Å². The number of likely N-dealkylation sites (tertiary alicyclic amines) is 1. The van der Waals surface area contributed by atoms with Crippen molar-refractivity contribution in [2.24, 2.45) is 5.92 Å². The third-order valence-corrected chi connectivity index (χ3v) is 20.3. The van der Waals surface area contributed by atoms with E-state index in [1.165, 1.54) is 9.80 Å². The molecule has 1 unspecified atom stereocenters. The monoisotopic (exact) mass is 979 g/mol. The number of hydrogen-bond donors (Lipinski definition) is 1. The number of carbonyl (C=O) groups excluding carboxylic acids is 6. The van der Waals surface area contributed by atoms with E-state index in [1.807, 2.05) is 32.9 Å². The summed E-state index contributed by atoms with van der Waals surface area (Å²) in [5.74, 6) is -1.43. The van der Waals surface area contributed by atoms with Crippen LogP contribution >= 0.6 is 0 Å². The van der Waals surface area contributed by atoms with Crippen molar-refractivity contribution in [1.82, 2.24) is 14.7 Å². The first-order valence-corrected chi connectivity index (χ1v) is 27.4. The molecule has 0 spiro atoms. The van der Waals surface area contributed by atoms with Crippen molar-refractivity contribution in [3.05, 3.63) is 69.8 Å². The van der Waals surface area contributed by atoms with E-state index >= 15 is 0 Å². The summed E-state index contributed by atoms with van der Waals surface area (Å²) in [6.45, 7) is 5.32. The Hall–Kier alpha value is -3.89. The Morgan fingerprint density at radius 3 is 1.41 bits per heavy atom. The van der Waals surface area contributed by atoms with Gasteiger partial charge in [0.15, 0.2) is 0 Å². The molecule has 1 saturated heterocycles. The van der Waals surface area contributed by atoms with Gasteiger partial charge in [-0.1, -0.05) is 12.1 Å². The number of carbonyl (C=O) groups is 6. The molecule has 1 N–H and O–H groups in total. The quantitative estimate of drug-likeness (QED) is 0.137. The molecule has 3 aliphatic rings. The molecule has 2 aromatic rings. The van der Waals surface area contributed by atoms with Gasteiger partial charge in [0.25, 0.3) is 23.6 Å². The highest BCUT2D eigenvalue weighted by molar-refractivity contribution is 6.61. The number of rotatable bonds is 21. The van der Waals surface area contributed by atoms with Gasteiger partial charge in [0.1, 0.15) is 0 Å². The van der Waals surface area contributed by atoms with Gasteiger partial charge in [-0.2, -0.15) is 0 Å². The molecule has 0 radical (unpaired) electrons. The van der Waals surface area contributed by atoms with E-state index in [0.29, 0.717) is 66.1 Å². The van der Waals surface area contributed by atoms with Crippen molar-refractivity contribution in [2.45, 2.75) is 83.0 Å². The highest BCUT2D eigenvalue weighted by Crippen LogP contribution is 2.31. The lowest BCUT2D eigenvalue weighted by atomic mass is 9.93. The molecule has 5 rings (SSSR count). The highest BCUT2D eigenvalue weighted by atomic mass is 28.4. The smallest absolute Gasteiger partial charge is 0.395 e. The van der Waals surface area contributed by atoms with Crippen LogP contribution in [0.25, 0.3) is 0 Å². The van der Waals surface area contributed by atoms with Gasteiger partial charge in [0.2, 0.25) is 11.8 Å². The number of amides is 6. The number of aliphatic hydroxyl groups excluding tert-OH is 1. The largest absolute Gasteiger partial charge is 0.500 e. The van der Waals surface area contributed by atoms with Gasteiger partial charge in [0.05, 0.1) is 35.4 Å². The Morgan fingerprint density at radius 2 is 0.985 bits per heavy atom. The molecule has 3 aliphatic heterocycles. The first-order chi connectivity index (χ1) is 31.2. The number of β-amino-alcohol motifs (C(OH)–C–C–N with tert-alkyl or cyclic N) is 1. The van der Waals surface area contributed by atoms with Crippen molar-refractivity contribution >= 4 is 61.9 Å². The third kappa shape index (κ3) is 13.2. The second kappa shape index (κ2) is 24.9. The Labute approximate surface area is 391 Å². The SMILES string of the molecule is CO[Si](CCCC1CCC(=O)N(C)C1=O)(OC)OC.CO[Si](CCc1ccc2c(c1)C(=O)N(C(C)(C)C)C2=O)(OC)OC.CO[Si](CCc1ccc2c(c1)C(=O)N(CCO)C2=O)(OC)OC. The van der Waals surface area contributed by atoms with Crippen molar-refractivity contribution < 1.29 is 73.7 Å². The van der Waals surface area contributed by atoms with Gasteiger partial charge >= 0.3 is 26.4 Å². The summed E-state index contributed by atoms with van der Waals surface area (Å²) in [6.07, 6.45) is 3.88. The fourth-order valence-corrected chi connectivity index (χ4v) is 13.1. The van der Waals surface area contributed by atoms with Gasteiger partial charge in [-0.25, -0.2) is 0 Å². The summed E-state index contributed by atoms with van der Waals surface area (Å²) in [6, 6.07) is 12.4. The Kier molecular flexibility index (Phi) is 21.3. The van der Waals surface area contributed by atoms with Crippen LogP contribution in [0.2, 0.25) is 18.1 Å². The first kappa shape index (κ1) is 56.4. The van der Waals surface area contributed by atoms with Gasteiger partial charge in [0, 0.05) is 107 Å². The number of piperidine rings is 1. The molecule has 1 fully saturated rings. The molecule has 368 valence electrons. The fraction of sp³-hybridized carbons (Fsp3) is 0.591. The zero-order chi connectivity index (χ0) is 49.6. The number of benzene rings is 2. The lowest BCUT2D eigenvalue weighted by Gasteiger charge is -2.29. The second-order valence-corrected chi connectivity index (χ2v) is 25.9. The number of hydrogen-bond acceptors (Lipinski definition) is 16. The molecule has 66 heavy (non-hydrogen) atoms. The molecule has 0 aromatic heterocycles. The maximum Gasteiger partial charge on any atom is 0.500 e. The minimum Gasteiger partial charge on any atom is -0.395 e.